The number of fused-ring (bicyclic) bond motifs is 1. The number of methoxy groups -OCH3 is 2. The van der Waals surface area contributed by atoms with Crippen LogP contribution in [0.25, 0.3) is 22.2 Å². The van der Waals surface area contributed by atoms with Crippen molar-refractivity contribution in [1.82, 2.24) is 30.3 Å². The molecule has 1 saturated carbocycles. The molecule has 0 amide bonds. The normalized spacial score (nSPS) is 18.4. The second-order valence-corrected chi connectivity index (χ2v) is 8.79. The van der Waals surface area contributed by atoms with Crippen molar-refractivity contribution in [3.05, 3.63) is 59.9 Å². The second-order valence-electron chi connectivity index (χ2n) is 8.79. The molecule has 0 saturated heterocycles. The predicted molar refractivity (Wildman–Crippen MR) is 127 cm³/mol. The number of rotatable bonds is 8. The van der Waals surface area contributed by atoms with Gasteiger partial charge in [-0.15, -0.1) is 5.10 Å². The fourth-order valence-electron chi connectivity index (χ4n) is 4.87. The Morgan fingerprint density at radius 2 is 1.97 bits per heavy atom. The highest BCUT2D eigenvalue weighted by atomic mass is 19.1. The summed E-state index contributed by atoms with van der Waals surface area (Å²) in [7, 11) is 3.24. The van der Waals surface area contributed by atoms with Gasteiger partial charge in [0, 0.05) is 42.5 Å². The number of nitrogens with one attached hydrogen (secondary N) is 2. The molecule has 0 atom stereocenters. The zero-order valence-corrected chi connectivity index (χ0v) is 19.4. The lowest BCUT2D eigenvalue weighted by Crippen LogP contribution is -2.32. The number of pyridine rings is 1. The van der Waals surface area contributed by atoms with E-state index in [0.29, 0.717) is 31.0 Å². The van der Waals surface area contributed by atoms with Gasteiger partial charge in [0.05, 0.1) is 19.0 Å². The van der Waals surface area contributed by atoms with Crippen molar-refractivity contribution >= 4 is 11.0 Å². The van der Waals surface area contributed by atoms with Crippen molar-refractivity contribution in [2.24, 2.45) is 0 Å². The lowest BCUT2D eigenvalue weighted by Gasteiger charge is -2.28. The Kier molecular flexibility index (Phi) is 6.55. The van der Waals surface area contributed by atoms with Crippen LogP contribution in [0.4, 0.5) is 4.39 Å². The largest absolute Gasteiger partial charge is 0.496 e. The van der Waals surface area contributed by atoms with E-state index in [1.54, 1.807) is 31.2 Å². The zero-order valence-electron chi connectivity index (χ0n) is 19.4. The molecule has 5 rings (SSSR count). The quantitative estimate of drug-likeness (QED) is 0.402. The van der Waals surface area contributed by atoms with E-state index in [1.165, 1.54) is 17.8 Å². The Balaban J connectivity index is 1.27. The molecule has 178 valence electrons. The Morgan fingerprint density at radius 1 is 1.12 bits per heavy atom. The van der Waals surface area contributed by atoms with Crippen molar-refractivity contribution in [2.45, 2.75) is 50.9 Å². The number of aromatic amines is 1. The van der Waals surface area contributed by atoms with Crippen molar-refractivity contribution in [3.63, 3.8) is 0 Å². The molecule has 1 aromatic carbocycles. The molecule has 3 heterocycles. The molecule has 3 aromatic heterocycles. The smallest absolute Gasteiger partial charge is 0.140 e. The summed E-state index contributed by atoms with van der Waals surface area (Å²) in [5.41, 5.74) is 4.57. The summed E-state index contributed by atoms with van der Waals surface area (Å²) in [5, 5.41) is 12.8. The number of nitrogens with zero attached hydrogens (tertiary/aromatic N) is 4. The van der Waals surface area contributed by atoms with Crippen LogP contribution in [-0.4, -0.2) is 45.2 Å². The minimum atomic E-state index is -0.288. The van der Waals surface area contributed by atoms with E-state index in [2.05, 4.69) is 31.7 Å². The summed E-state index contributed by atoms with van der Waals surface area (Å²) < 4.78 is 26.3. The number of halogens is 1. The van der Waals surface area contributed by atoms with Gasteiger partial charge in [0.15, 0.2) is 0 Å². The number of benzene rings is 1. The number of aromatic nitrogens is 5. The summed E-state index contributed by atoms with van der Waals surface area (Å²) in [6.07, 6.45) is 8.00. The van der Waals surface area contributed by atoms with Crippen LogP contribution in [0, 0.1) is 5.82 Å². The lowest BCUT2D eigenvalue weighted by atomic mass is 9.84. The van der Waals surface area contributed by atoms with Crippen molar-refractivity contribution < 1.29 is 13.9 Å². The maximum absolute atomic E-state index is 14.0. The van der Waals surface area contributed by atoms with Crippen molar-refractivity contribution in [1.29, 1.82) is 0 Å². The van der Waals surface area contributed by atoms with E-state index in [9.17, 15) is 4.39 Å². The summed E-state index contributed by atoms with van der Waals surface area (Å²) in [6.45, 7) is 1.11. The molecular weight excluding hydrogens is 435 g/mol. The van der Waals surface area contributed by atoms with Gasteiger partial charge >= 0.3 is 0 Å². The lowest BCUT2D eigenvalue weighted by molar-refractivity contribution is 0.119. The van der Waals surface area contributed by atoms with E-state index in [-0.39, 0.29) is 5.82 Å². The van der Waals surface area contributed by atoms with Gasteiger partial charge in [-0.1, -0.05) is 5.21 Å². The van der Waals surface area contributed by atoms with Crippen LogP contribution in [0.15, 0.2) is 42.7 Å². The van der Waals surface area contributed by atoms with Gasteiger partial charge in [0.1, 0.15) is 23.9 Å². The van der Waals surface area contributed by atoms with Gasteiger partial charge in [-0.05, 0) is 67.5 Å². The summed E-state index contributed by atoms with van der Waals surface area (Å²) in [4.78, 5) is 8.04. The first kappa shape index (κ1) is 22.5. The summed E-state index contributed by atoms with van der Waals surface area (Å²) in [5.74, 6) is 0.797. The minimum absolute atomic E-state index is 0.288. The van der Waals surface area contributed by atoms with Crippen LogP contribution < -0.4 is 10.1 Å². The van der Waals surface area contributed by atoms with Gasteiger partial charge in [-0.25, -0.2) is 14.1 Å². The van der Waals surface area contributed by atoms with E-state index >= 15 is 0 Å². The fourth-order valence-corrected chi connectivity index (χ4v) is 4.87. The van der Waals surface area contributed by atoms with Crippen LogP contribution >= 0.6 is 0 Å². The number of H-pyrrole nitrogens is 1. The summed E-state index contributed by atoms with van der Waals surface area (Å²) >= 11 is 0. The van der Waals surface area contributed by atoms with E-state index in [4.69, 9.17) is 9.47 Å². The first-order chi connectivity index (χ1) is 16.6. The summed E-state index contributed by atoms with van der Waals surface area (Å²) in [6, 6.07) is 9.15. The molecule has 34 heavy (non-hydrogen) atoms. The molecule has 1 fully saturated rings. The molecule has 0 radical (unpaired) electrons. The van der Waals surface area contributed by atoms with Crippen LogP contribution in [0.5, 0.6) is 5.75 Å². The Morgan fingerprint density at radius 3 is 2.76 bits per heavy atom. The average Bonchev–Trinajstić information content (AvgIpc) is 3.50. The van der Waals surface area contributed by atoms with Gasteiger partial charge in [-0.2, -0.15) is 0 Å². The molecule has 0 spiro atoms. The maximum Gasteiger partial charge on any atom is 0.140 e. The first-order valence-electron chi connectivity index (χ1n) is 11.6. The highest BCUT2D eigenvalue weighted by Gasteiger charge is 2.24. The van der Waals surface area contributed by atoms with Gasteiger partial charge in [0.25, 0.3) is 0 Å². The predicted octanol–water partition coefficient (Wildman–Crippen LogP) is 4.39. The third-order valence-electron chi connectivity index (χ3n) is 6.59. The Bertz CT molecular complexity index is 1260. The van der Waals surface area contributed by atoms with Gasteiger partial charge < -0.3 is 19.8 Å². The maximum atomic E-state index is 14.0. The second kappa shape index (κ2) is 9.90. The molecule has 2 N–H and O–H groups in total. The monoisotopic (exact) mass is 464 g/mol. The van der Waals surface area contributed by atoms with Crippen molar-refractivity contribution in [3.8, 4) is 16.9 Å². The third-order valence-corrected chi connectivity index (χ3v) is 6.59. The van der Waals surface area contributed by atoms with Gasteiger partial charge in [0.2, 0.25) is 0 Å². The third kappa shape index (κ3) is 4.67. The van der Waals surface area contributed by atoms with Crippen LogP contribution in [0.1, 0.15) is 43.0 Å². The first-order valence-corrected chi connectivity index (χ1v) is 11.6. The minimum Gasteiger partial charge on any atom is -0.496 e. The standard InChI is InChI=1S/C25H29FN6O2/c1-33-15-32-14-19(30-31-32)13-28-18-6-3-16(4-7-18)23-12-22-20(9-10-27-25(22)29-23)21-11-17(26)5-8-24(21)34-2/h5,8-12,14,16,18,28H,3-4,6-7,13,15H2,1-2H3,(H,27,29)/t16-,18-. The van der Waals surface area contributed by atoms with Crippen molar-refractivity contribution in [2.75, 3.05) is 14.2 Å². The molecule has 0 aliphatic heterocycles. The number of ether oxygens (including phenoxy) is 2. The Labute approximate surface area is 197 Å². The van der Waals surface area contributed by atoms with E-state index in [1.807, 2.05) is 12.3 Å². The fraction of sp³-hybridized carbons (Fsp3) is 0.400. The SMILES string of the molecule is COCn1cc(CN[C@H]2CC[C@H](c3cc4c(-c5cc(F)ccc5OC)ccnc4[nH]3)CC2)nn1. The van der Waals surface area contributed by atoms with Crippen LogP contribution in [-0.2, 0) is 18.0 Å². The topological polar surface area (TPSA) is 89.9 Å². The number of hydrogen-bond donors (Lipinski definition) is 2. The molecule has 9 heteroatoms. The van der Waals surface area contributed by atoms with Crippen LogP contribution in [0.2, 0.25) is 0 Å². The average molecular weight is 465 g/mol. The van der Waals surface area contributed by atoms with E-state index < -0.39 is 0 Å². The van der Waals surface area contributed by atoms with Crippen LogP contribution in [0.3, 0.4) is 0 Å². The van der Waals surface area contributed by atoms with E-state index in [0.717, 1.165) is 53.5 Å². The molecule has 0 unspecified atom stereocenters. The molecule has 1 aliphatic carbocycles. The molecular formula is C25H29FN6O2. The molecule has 0 bridgehead atoms. The molecule has 8 nitrogen and oxygen atoms in total. The Hall–Kier alpha value is -3.30. The van der Waals surface area contributed by atoms with Gasteiger partial charge in [-0.3, -0.25) is 0 Å². The highest BCUT2D eigenvalue weighted by molar-refractivity contribution is 5.95. The molecule has 4 aromatic rings. The highest BCUT2D eigenvalue weighted by Crippen LogP contribution is 2.38. The number of hydrogen-bond acceptors (Lipinski definition) is 6. The molecule has 1 aliphatic rings. The zero-order chi connectivity index (χ0) is 23.5.